The van der Waals surface area contributed by atoms with Crippen molar-refractivity contribution < 1.29 is 0 Å². The van der Waals surface area contributed by atoms with E-state index in [0.717, 1.165) is 20.2 Å². The van der Waals surface area contributed by atoms with Crippen molar-refractivity contribution in [1.29, 1.82) is 0 Å². The van der Waals surface area contributed by atoms with E-state index in [9.17, 15) is 0 Å². The van der Waals surface area contributed by atoms with Crippen LogP contribution in [0.3, 0.4) is 0 Å². The average Bonchev–Trinajstić information content (AvgIpc) is 2.12. The fourth-order valence-corrected chi connectivity index (χ4v) is 1.69. The molecule has 0 radical (unpaired) electrons. The maximum atomic E-state index is 4.29. The Morgan fingerprint density at radius 3 is 3.00 bits per heavy atom. The van der Waals surface area contributed by atoms with Gasteiger partial charge in [-0.3, -0.25) is 9.97 Å². The Labute approximate surface area is 84.2 Å². The Morgan fingerprint density at radius 2 is 2.17 bits per heavy atom. The van der Waals surface area contributed by atoms with Gasteiger partial charge in [0.2, 0.25) is 0 Å². The molecule has 0 saturated heterocycles. The van der Waals surface area contributed by atoms with Crippen molar-refractivity contribution in [2.24, 2.45) is 0 Å². The molecule has 0 unspecified atom stereocenters. The van der Waals surface area contributed by atoms with E-state index in [1.807, 2.05) is 31.5 Å². The van der Waals surface area contributed by atoms with Crippen molar-refractivity contribution in [1.82, 2.24) is 9.97 Å². The summed E-state index contributed by atoms with van der Waals surface area (Å²) >= 11 is 2.28. The lowest BCUT2D eigenvalue weighted by molar-refractivity contribution is 1.19. The molecule has 0 N–H and O–H groups in total. The lowest BCUT2D eigenvalue weighted by Crippen LogP contribution is -1.89. The van der Waals surface area contributed by atoms with Gasteiger partial charge in [-0.25, -0.2) is 0 Å². The minimum Gasteiger partial charge on any atom is -0.260 e. The Kier molecular flexibility index (Phi) is 1.96. The van der Waals surface area contributed by atoms with Crippen LogP contribution in [0.25, 0.3) is 10.9 Å². The van der Waals surface area contributed by atoms with Crippen LogP contribution >= 0.6 is 22.6 Å². The summed E-state index contributed by atoms with van der Waals surface area (Å²) in [4.78, 5) is 8.55. The number of fused-ring (bicyclic) bond motifs is 1. The molecular weight excluding hydrogens is 263 g/mol. The van der Waals surface area contributed by atoms with E-state index >= 15 is 0 Å². The molecule has 0 bridgehead atoms. The maximum Gasteiger partial charge on any atom is 0.0869 e. The summed E-state index contributed by atoms with van der Waals surface area (Å²) in [5.74, 6) is 0. The largest absolute Gasteiger partial charge is 0.260 e. The third kappa shape index (κ3) is 1.18. The van der Waals surface area contributed by atoms with E-state index in [1.165, 1.54) is 0 Å². The molecule has 2 heterocycles. The van der Waals surface area contributed by atoms with Gasteiger partial charge >= 0.3 is 0 Å². The first kappa shape index (κ1) is 7.91. The van der Waals surface area contributed by atoms with Gasteiger partial charge in [-0.05, 0) is 41.6 Å². The first-order chi connectivity index (χ1) is 5.79. The predicted octanol–water partition coefficient (Wildman–Crippen LogP) is 2.54. The van der Waals surface area contributed by atoms with Crippen LogP contribution in [-0.2, 0) is 0 Å². The quantitative estimate of drug-likeness (QED) is 0.687. The highest BCUT2D eigenvalue weighted by Gasteiger charge is 2.01. The van der Waals surface area contributed by atoms with Crippen molar-refractivity contribution in [3.8, 4) is 0 Å². The van der Waals surface area contributed by atoms with E-state index in [0.29, 0.717) is 0 Å². The molecule has 0 aliphatic carbocycles. The van der Waals surface area contributed by atoms with Crippen LogP contribution in [0.5, 0.6) is 0 Å². The van der Waals surface area contributed by atoms with Gasteiger partial charge in [0.1, 0.15) is 0 Å². The van der Waals surface area contributed by atoms with Gasteiger partial charge in [0, 0.05) is 17.8 Å². The predicted molar refractivity (Wildman–Crippen MR) is 57.0 cm³/mol. The first-order valence-electron chi connectivity index (χ1n) is 3.65. The molecule has 0 atom stereocenters. The maximum absolute atomic E-state index is 4.29. The van der Waals surface area contributed by atoms with Crippen LogP contribution in [0.15, 0.2) is 24.5 Å². The summed E-state index contributed by atoms with van der Waals surface area (Å²) < 4.78 is 1.14. The minimum atomic E-state index is 1.04. The summed E-state index contributed by atoms with van der Waals surface area (Å²) in [6.07, 6.45) is 3.67. The molecule has 0 aliphatic rings. The minimum absolute atomic E-state index is 1.04. The van der Waals surface area contributed by atoms with E-state index in [1.54, 1.807) is 0 Å². The van der Waals surface area contributed by atoms with Crippen LogP contribution in [0.1, 0.15) is 5.69 Å². The standard InChI is InChI=1S/C9H7IN2/c1-6-8(10)9-7(5-12-6)3-2-4-11-9/h2-5H,1H3. The molecule has 0 aliphatic heterocycles. The molecule has 12 heavy (non-hydrogen) atoms. The highest BCUT2D eigenvalue weighted by atomic mass is 127. The third-order valence-electron chi connectivity index (χ3n) is 1.76. The third-order valence-corrected chi connectivity index (χ3v) is 3.05. The molecule has 0 fully saturated rings. The van der Waals surface area contributed by atoms with Crippen molar-refractivity contribution in [2.45, 2.75) is 6.92 Å². The Bertz CT molecular complexity index is 426. The number of pyridine rings is 2. The monoisotopic (exact) mass is 270 g/mol. The first-order valence-corrected chi connectivity index (χ1v) is 4.73. The highest BCUT2D eigenvalue weighted by molar-refractivity contribution is 14.1. The topological polar surface area (TPSA) is 25.8 Å². The molecule has 2 rings (SSSR count). The van der Waals surface area contributed by atoms with E-state index < -0.39 is 0 Å². The number of halogens is 1. The molecule has 0 amide bonds. The molecule has 2 aromatic rings. The Morgan fingerprint density at radius 1 is 1.33 bits per heavy atom. The van der Waals surface area contributed by atoms with Crippen molar-refractivity contribution in [3.63, 3.8) is 0 Å². The van der Waals surface area contributed by atoms with E-state index in [2.05, 4.69) is 32.6 Å². The number of hydrogen-bond acceptors (Lipinski definition) is 2. The molecule has 3 heteroatoms. The van der Waals surface area contributed by atoms with Crippen LogP contribution < -0.4 is 0 Å². The zero-order valence-electron chi connectivity index (χ0n) is 6.58. The fraction of sp³-hybridized carbons (Fsp3) is 0.111. The van der Waals surface area contributed by atoms with Crippen LogP contribution in [0.4, 0.5) is 0 Å². The number of hydrogen-bond donors (Lipinski definition) is 0. The van der Waals surface area contributed by atoms with Crippen molar-refractivity contribution in [3.05, 3.63) is 33.8 Å². The second-order valence-corrected chi connectivity index (χ2v) is 3.68. The molecule has 2 aromatic heterocycles. The zero-order chi connectivity index (χ0) is 8.55. The highest BCUT2D eigenvalue weighted by Crippen LogP contribution is 2.18. The van der Waals surface area contributed by atoms with Gasteiger partial charge in [0.25, 0.3) is 0 Å². The average molecular weight is 270 g/mol. The van der Waals surface area contributed by atoms with E-state index in [4.69, 9.17) is 0 Å². The summed E-state index contributed by atoms with van der Waals surface area (Å²) in [5, 5.41) is 1.10. The van der Waals surface area contributed by atoms with Crippen molar-refractivity contribution >= 4 is 33.5 Å². The molecule has 0 aromatic carbocycles. The van der Waals surface area contributed by atoms with E-state index in [-0.39, 0.29) is 0 Å². The lowest BCUT2D eigenvalue weighted by Gasteiger charge is -2.00. The summed E-state index contributed by atoms with van der Waals surface area (Å²) in [6, 6.07) is 3.95. The number of rotatable bonds is 0. The van der Waals surface area contributed by atoms with Gasteiger partial charge in [-0.2, -0.15) is 0 Å². The summed E-state index contributed by atoms with van der Waals surface area (Å²) in [7, 11) is 0. The van der Waals surface area contributed by atoms with Gasteiger partial charge in [0.05, 0.1) is 14.8 Å². The number of aromatic nitrogens is 2. The van der Waals surface area contributed by atoms with Gasteiger partial charge in [0.15, 0.2) is 0 Å². The molecule has 0 saturated carbocycles. The fourth-order valence-electron chi connectivity index (χ4n) is 1.10. The summed E-state index contributed by atoms with van der Waals surface area (Å²) in [6.45, 7) is 2.00. The second-order valence-electron chi connectivity index (χ2n) is 2.60. The lowest BCUT2D eigenvalue weighted by atomic mass is 10.2. The SMILES string of the molecule is Cc1ncc2cccnc2c1I. The van der Waals surface area contributed by atoms with Gasteiger partial charge in [-0.15, -0.1) is 0 Å². The molecule has 60 valence electrons. The Balaban J connectivity index is 2.91. The van der Waals surface area contributed by atoms with Gasteiger partial charge < -0.3 is 0 Å². The second kappa shape index (κ2) is 2.97. The molecule has 2 nitrogen and oxygen atoms in total. The van der Waals surface area contributed by atoms with Crippen LogP contribution in [-0.4, -0.2) is 9.97 Å². The summed E-state index contributed by atoms with van der Waals surface area (Å²) in [5.41, 5.74) is 2.09. The smallest absolute Gasteiger partial charge is 0.0869 e. The normalized spacial score (nSPS) is 10.5. The molecule has 0 spiro atoms. The van der Waals surface area contributed by atoms with Crippen molar-refractivity contribution in [2.75, 3.05) is 0 Å². The number of aryl methyl sites for hydroxylation is 1. The zero-order valence-corrected chi connectivity index (χ0v) is 8.74. The van der Waals surface area contributed by atoms with Crippen LogP contribution in [0.2, 0.25) is 0 Å². The van der Waals surface area contributed by atoms with Crippen LogP contribution in [0, 0.1) is 10.5 Å². The van der Waals surface area contributed by atoms with Gasteiger partial charge in [-0.1, -0.05) is 0 Å². The molecular formula is C9H7IN2. The Hall–Kier alpha value is -0.710. The number of nitrogens with zero attached hydrogens (tertiary/aromatic N) is 2.